The van der Waals surface area contributed by atoms with E-state index in [9.17, 15) is 9.59 Å². The maximum Gasteiger partial charge on any atom is 0.356 e. The van der Waals surface area contributed by atoms with Gasteiger partial charge in [-0.25, -0.2) is 9.78 Å². The number of carbonyl (C=O) groups is 2. The van der Waals surface area contributed by atoms with Crippen molar-refractivity contribution < 1.29 is 23.8 Å². The lowest BCUT2D eigenvalue weighted by atomic mass is 10.1. The number of ether oxygens (including phenoxy) is 3. The van der Waals surface area contributed by atoms with Crippen molar-refractivity contribution in [1.82, 2.24) is 9.97 Å². The molecule has 128 valence electrons. The molecule has 1 N–H and O–H groups in total. The Labute approximate surface area is 143 Å². The van der Waals surface area contributed by atoms with Crippen molar-refractivity contribution in [2.45, 2.75) is 12.1 Å². The minimum absolute atomic E-state index is 0.117. The van der Waals surface area contributed by atoms with Gasteiger partial charge in [0.15, 0.2) is 10.9 Å². The molecule has 8 heteroatoms. The maximum absolute atomic E-state index is 12.4. The predicted molar refractivity (Wildman–Crippen MR) is 89.1 cm³/mol. The van der Waals surface area contributed by atoms with E-state index in [0.29, 0.717) is 22.2 Å². The van der Waals surface area contributed by atoms with E-state index in [1.165, 1.54) is 25.1 Å². The molecule has 0 spiro atoms. The normalized spacial score (nSPS) is 10.3. The second-order valence-electron chi connectivity index (χ2n) is 4.60. The molecule has 0 amide bonds. The molecule has 24 heavy (non-hydrogen) atoms. The Morgan fingerprint density at radius 2 is 2.04 bits per heavy atom. The largest absolute Gasteiger partial charge is 0.497 e. The SMILES string of the molecule is CCOC(=O)c1cnc(SCC(=O)c2ccc(OC)cc2OC)[nH]1. The average molecular weight is 350 g/mol. The Morgan fingerprint density at radius 3 is 2.71 bits per heavy atom. The number of rotatable bonds is 8. The molecule has 0 saturated carbocycles. The molecule has 1 aromatic heterocycles. The van der Waals surface area contributed by atoms with Gasteiger partial charge in [-0.3, -0.25) is 4.79 Å². The standard InChI is InChI=1S/C16H18N2O5S/c1-4-23-15(20)12-8-17-16(18-12)24-9-13(19)11-6-5-10(21-2)7-14(11)22-3/h5-8H,4,9H2,1-3H3,(H,17,18). The molecule has 0 bridgehead atoms. The number of carbonyl (C=O) groups excluding carboxylic acids is 2. The van der Waals surface area contributed by atoms with Gasteiger partial charge < -0.3 is 19.2 Å². The summed E-state index contributed by atoms with van der Waals surface area (Å²) < 4.78 is 15.2. The van der Waals surface area contributed by atoms with E-state index in [4.69, 9.17) is 14.2 Å². The van der Waals surface area contributed by atoms with Crippen molar-refractivity contribution in [1.29, 1.82) is 0 Å². The van der Waals surface area contributed by atoms with Crippen LogP contribution in [0.15, 0.2) is 29.6 Å². The van der Waals surface area contributed by atoms with Gasteiger partial charge in [-0.1, -0.05) is 11.8 Å². The van der Waals surface area contributed by atoms with Crippen LogP contribution in [0.2, 0.25) is 0 Å². The minimum Gasteiger partial charge on any atom is -0.497 e. The van der Waals surface area contributed by atoms with E-state index in [-0.39, 0.29) is 23.8 Å². The molecular formula is C16H18N2O5S. The molecule has 0 radical (unpaired) electrons. The summed E-state index contributed by atoms with van der Waals surface area (Å²) in [6, 6.07) is 5.02. The zero-order valence-electron chi connectivity index (χ0n) is 13.6. The summed E-state index contributed by atoms with van der Waals surface area (Å²) in [6.45, 7) is 2.01. The second-order valence-corrected chi connectivity index (χ2v) is 5.56. The van der Waals surface area contributed by atoms with Gasteiger partial charge >= 0.3 is 5.97 Å². The third kappa shape index (κ3) is 4.29. The van der Waals surface area contributed by atoms with Crippen LogP contribution in [0.25, 0.3) is 0 Å². The molecule has 1 heterocycles. The second kappa shape index (κ2) is 8.39. The number of hydrogen-bond acceptors (Lipinski definition) is 7. The lowest BCUT2D eigenvalue weighted by molar-refractivity contribution is 0.0519. The van der Waals surface area contributed by atoms with Crippen molar-refractivity contribution in [2.24, 2.45) is 0 Å². The molecule has 2 rings (SSSR count). The first-order chi connectivity index (χ1) is 11.6. The fraction of sp³-hybridized carbons (Fsp3) is 0.312. The molecule has 0 aliphatic rings. The summed E-state index contributed by atoms with van der Waals surface area (Å²) in [6.07, 6.45) is 1.39. The number of nitrogens with one attached hydrogen (secondary N) is 1. The Hall–Kier alpha value is -2.48. The van der Waals surface area contributed by atoms with Crippen LogP contribution in [0, 0.1) is 0 Å². The smallest absolute Gasteiger partial charge is 0.356 e. The number of thioether (sulfide) groups is 1. The highest BCUT2D eigenvalue weighted by Gasteiger charge is 2.16. The Balaban J connectivity index is 2.02. The monoisotopic (exact) mass is 350 g/mol. The van der Waals surface area contributed by atoms with Crippen molar-refractivity contribution in [3.8, 4) is 11.5 Å². The van der Waals surface area contributed by atoms with Crippen LogP contribution >= 0.6 is 11.8 Å². The fourth-order valence-corrected chi connectivity index (χ4v) is 2.66. The molecule has 0 unspecified atom stereocenters. The van der Waals surface area contributed by atoms with Crippen LogP contribution in [0.4, 0.5) is 0 Å². The van der Waals surface area contributed by atoms with E-state index < -0.39 is 5.97 Å². The molecule has 0 aliphatic carbocycles. The van der Waals surface area contributed by atoms with Crippen molar-refractivity contribution >= 4 is 23.5 Å². The van der Waals surface area contributed by atoms with Gasteiger partial charge in [-0.2, -0.15) is 0 Å². The summed E-state index contributed by atoms with van der Waals surface area (Å²) in [7, 11) is 3.04. The van der Waals surface area contributed by atoms with Crippen LogP contribution in [0.1, 0.15) is 27.8 Å². The number of nitrogens with zero attached hydrogens (tertiary/aromatic N) is 1. The van der Waals surface area contributed by atoms with Gasteiger partial charge in [0.25, 0.3) is 0 Å². The van der Waals surface area contributed by atoms with Gasteiger partial charge in [0, 0.05) is 6.07 Å². The van der Waals surface area contributed by atoms with Gasteiger partial charge in [0.05, 0.1) is 38.3 Å². The molecule has 0 atom stereocenters. The maximum atomic E-state index is 12.4. The first-order valence-electron chi connectivity index (χ1n) is 7.19. The third-order valence-electron chi connectivity index (χ3n) is 3.10. The van der Waals surface area contributed by atoms with Gasteiger partial charge in [0.2, 0.25) is 0 Å². The summed E-state index contributed by atoms with van der Waals surface area (Å²) >= 11 is 1.20. The number of aromatic nitrogens is 2. The third-order valence-corrected chi connectivity index (χ3v) is 3.98. The summed E-state index contributed by atoms with van der Waals surface area (Å²) in [5, 5.41) is 0.471. The summed E-state index contributed by atoms with van der Waals surface area (Å²) in [5.41, 5.74) is 0.719. The number of hydrogen-bond donors (Lipinski definition) is 1. The Bertz CT molecular complexity index is 729. The molecule has 0 aliphatic heterocycles. The van der Waals surface area contributed by atoms with Crippen LogP contribution in [-0.2, 0) is 4.74 Å². The van der Waals surface area contributed by atoms with Crippen LogP contribution in [-0.4, -0.2) is 48.3 Å². The predicted octanol–water partition coefficient (Wildman–Crippen LogP) is 2.58. The van der Waals surface area contributed by atoms with E-state index in [1.807, 2.05) is 0 Å². The molecule has 1 aromatic carbocycles. The highest BCUT2D eigenvalue weighted by Crippen LogP contribution is 2.26. The van der Waals surface area contributed by atoms with Crippen LogP contribution in [0.3, 0.4) is 0 Å². The highest BCUT2D eigenvalue weighted by molar-refractivity contribution is 7.99. The van der Waals surface area contributed by atoms with Crippen molar-refractivity contribution in [2.75, 3.05) is 26.6 Å². The molecule has 7 nitrogen and oxygen atoms in total. The first-order valence-corrected chi connectivity index (χ1v) is 8.17. The quantitative estimate of drug-likeness (QED) is 0.444. The molecule has 0 fully saturated rings. The van der Waals surface area contributed by atoms with E-state index in [1.54, 1.807) is 32.2 Å². The van der Waals surface area contributed by atoms with Crippen LogP contribution < -0.4 is 9.47 Å². The van der Waals surface area contributed by atoms with Crippen molar-refractivity contribution in [3.63, 3.8) is 0 Å². The number of aromatic amines is 1. The van der Waals surface area contributed by atoms with E-state index in [2.05, 4.69) is 9.97 Å². The molecular weight excluding hydrogens is 332 g/mol. The lowest BCUT2D eigenvalue weighted by Crippen LogP contribution is -2.06. The van der Waals surface area contributed by atoms with E-state index >= 15 is 0 Å². The first kappa shape index (κ1) is 17.9. The van der Waals surface area contributed by atoms with Gasteiger partial charge in [0.1, 0.15) is 17.2 Å². The number of ketones is 1. The fourth-order valence-electron chi connectivity index (χ4n) is 1.93. The van der Waals surface area contributed by atoms with E-state index in [0.717, 1.165) is 0 Å². The zero-order chi connectivity index (χ0) is 17.5. The van der Waals surface area contributed by atoms with Crippen LogP contribution in [0.5, 0.6) is 11.5 Å². The van der Waals surface area contributed by atoms with Crippen molar-refractivity contribution in [3.05, 3.63) is 35.7 Å². The topological polar surface area (TPSA) is 90.5 Å². The highest BCUT2D eigenvalue weighted by atomic mass is 32.2. The number of H-pyrrole nitrogens is 1. The number of Topliss-reactive ketones (excluding diaryl/α,β-unsaturated/α-hetero) is 1. The average Bonchev–Trinajstić information content (AvgIpc) is 3.08. The van der Waals surface area contributed by atoms with Gasteiger partial charge in [-0.05, 0) is 19.1 Å². The number of imidazole rings is 1. The Kier molecular flexibility index (Phi) is 6.25. The number of benzene rings is 1. The zero-order valence-corrected chi connectivity index (χ0v) is 14.4. The minimum atomic E-state index is -0.472. The lowest BCUT2D eigenvalue weighted by Gasteiger charge is -2.09. The summed E-state index contributed by atoms with van der Waals surface area (Å²) in [4.78, 5) is 30.8. The summed E-state index contributed by atoms with van der Waals surface area (Å²) in [5.74, 6) is 0.625. The Morgan fingerprint density at radius 1 is 1.25 bits per heavy atom. The molecule has 2 aromatic rings. The molecule has 0 saturated heterocycles. The number of methoxy groups -OCH3 is 2. The number of esters is 1. The van der Waals surface area contributed by atoms with Gasteiger partial charge in [-0.15, -0.1) is 0 Å².